The largest absolute Gasteiger partial charge is 0.481 e. The predicted molar refractivity (Wildman–Crippen MR) is 106 cm³/mol. The lowest BCUT2D eigenvalue weighted by Gasteiger charge is -2.27. The maximum Gasteiger partial charge on any atom is 0.321 e. The van der Waals surface area contributed by atoms with Gasteiger partial charge in [0.2, 0.25) is 0 Å². The van der Waals surface area contributed by atoms with Gasteiger partial charge >= 0.3 is 11.9 Å². The smallest absolute Gasteiger partial charge is 0.321 e. The molecule has 0 aromatic heterocycles. The number of benzene rings is 2. The Bertz CT molecular complexity index is 739. The van der Waals surface area contributed by atoms with Crippen LogP contribution >= 0.6 is 0 Å². The molecule has 0 saturated heterocycles. The summed E-state index contributed by atoms with van der Waals surface area (Å²) in [5.74, 6) is -3.48. The van der Waals surface area contributed by atoms with Gasteiger partial charge in [-0.25, -0.2) is 0 Å². The first kappa shape index (κ1) is 20.4. The Labute approximate surface area is 160 Å². The highest BCUT2D eigenvalue weighted by molar-refractivity contribution is 5.95. The second kappa shape index (κ2) is 10.3. The second-order valence-corrected chi connectivity index (χ2v) is 6.50. The molecule has 1 N–H and O–H groups in total. The van der Waals surface area contributed by atoms with E-state index < -0.39 is 23.8 Å². The zero-order chi connectivity index (χ0) is 19.6. The molecule has 0 spiro atoms. The summed E-state index contributed by atoms with van der Waals surface area (Å²) in [5, 5.41) is 9.80. The quantitative estimate of drug-likeness (QED) is 0.373. The Balaban J connectivity index is 2.39. The molecule has 3 unspecified atom stereocenters. The van der Waals surface area contributed by atoms with Crippen LogP contribution in [0.2, 0.25) is 0 Å². The fourth-order valence-corrected chi connectivity index (χ4v) is 3.40. The molecule has 0 saturated carbocycles. The van der Waals surface area contributed by atoms with E-state index in [0.29, 0.717) is 6.42 Å². The molecule has 0 aliphatic carbocycles. The van der Waals surface area contributed by atoms with Crippen LogP contribution in [0.15, 0.2) is 73.3 Å². The molecule has 0 bridgehead atoms. The molecule has 27 heavy (non-hydrogen) atoms. The van der Waals surface area contributed by atoms with Crippen LogP contribution in [0.5, 0.6) is 0 Å². The summed E-state index contributed by atoms with van der Waals surface area (Å²) >= 11 is 0. The van der Waals surface area contributed by atoms with Gasteiger partial charge in [-0.3, -0.25) is 9.59 Å². The number of aliphatic carboxylic acids is 1. The Morgan fingerprint density at radius 1 is 1.04 bits per heavy atom. The van der Waals surface area contributed by atoms with Crippen molar-refractivity contribution in [3.63, 3.8) is 0 Å². The van der Waals surface area contributed by atoms with Gasteiger partial charge in [0.15, 0.2) is 5.92 Å². The minimum Gasteiger partial charge on any atom is -0.481 e. The van der Waals surface area contributed by atoms with Crippen molar-refractivity contribution in [1.82, 2.24) is 0 Å². The SMILES string of the molecule is C=CCOC(=O)C(C(=O)O)C(CC(CC)c1ccccc1)c1ccccc1. The van der Waals surface area contributed by atoms with Gasteiger partial charge in [-0.05, 0) is 29.9 Å². The van der Waals surface area contributed by atoms with Gasteiger partial charge < -0.3 is 9.84 Å². The number of esters is 1. The molecule has 0 heterocycles. The van der Waals surface area contributed by atoms with E-state index in [-0.39, 0.29) is 12.5 Å². The van der Waals surface area contributed by atoms with Crippen LogP contribution in [-0.2, 0) is 14.3 Å². The van der Waals surface area contributed by atoms with E-state index in [0.717, 1.165) is 17.5 Å². The molecule has 2 aromatic carbocycles. The molecule has 2 aromatic rings. The first-order chi connectivity index (χ1) is 13.1. The van der Waals surface area contributed by atoms with Crippen LogP contribution in [0.4, 0.5) is 0 Å². The lowest BCUT2D eigenvalue weighted by molar-refractivity contribution is -0.159. The fourth-order valence-electron chi connectivity index (χ4n) is 3.40. The zero-order valence-electron chi connectivity index (χ0n) is 15.6. The summed E-state index contributed by atoms with van der Waals surface area (Å²) in [6, 6.07) is 19.3. The highest BCUT2D eigenvalue weighted by Gasteiger charge is 2.38. The van der Waals surface area contributed by atoms with E-state index in [9.17, 15) is 14.7 Å². The lowest BCUT2D eigenvalue weighted by atomic mass is 9.77. The van der Waals surface area contributed by atoms with E-state index in [4.69, 9.17) is 4.74 Å². The molecule has 0 fully saturated rings. The molecule has 4 heteroatoms. The van der Waals surface area contributed by atoms with Gasteiger partial charge in [0.25, 0.3) is 0 Å². The number of carbonyl (C=O) groups excluding carboxylic acids is 1. The summed E-state index contributed by atoms with van der Waals surface area (Å²) < 4.78 is 5.10. The third kappa shape index (κ3) is 5.55. The van der Waals surface area contributed by atoms with Gasteiger partial charge in [0.1, 0.15) is 6.61 Å². The van der Waals surface area contributed by atoms with E-state index in [2.05, 4.69) is 13.5 Å². The van der Waals surface area contributed by atoms with Crippen molar-refractivity contribution in [2.45, 2.75) is 31.6 Å². The van der Waals surface area contributed by atoms with Crippen molar-refractivity contribution in [1.29, 1.82) is 0 Å². The van der Waals surface area contributed by atoms with Crippen LogP contribution in [0.1, 0.15) is 42.7 Å². The molecule has 142 valence electrons. The van der Waals surface area contributed by atoms with Crippen LogP contribution in [0.3, 0.4) is 0 Å². The number of hydrogen-bond donors (Lipinski definition) is 1. The highest BCUT2D eigenvalue weighted by Crippen LogP contribution is 2.37. The van der Waals surface area contributed by atoms with Gasteiger partial charge in [0.05, 0.1) is 0 Å². The van der Waals surface area contributed by atoms with Crippen LogP contribution in [0, 0.1) is 5.92 Å². The Morgan fingerprint density at radius 2 is 1.59 bits per heavy atom. The molecule has 3 atom stereocenters. The maximum absolute atomic E-state index is 12.5. The van der Waals surface area contributed by atoms with Gasteiger partial charge in [0, 0.05) is 5.92 Å². The first-order valence-corrected chi connectivity index (χ1v) is 9.18. The molecule has 2 rings (SSSR count). The summed E-state index contributed by atoms with van der Waals surface area (Å²) in [6.45, 7) is 5.59. The minimum absolute atomic E-state index is 0.0000145. The zero-order valence-corrected chi connectivity index (χ0v) is 15.6. The van der Waals surface area contributed by atoms with Crippen molar-refractivity contribution in [3.05, 3.63) is 84.4 Å². The van der Waals surface area contributed by atoms with Crippen LogP contribution in [0.25, 0.3) is 0 Å². The topological polar surface area (TPSA) is 63.6 Å². The van der Waals surface area contributed by atoms with E-state index in [1.54, 1.807) is 0 Å². The predicted octanol–water partition coefficient (Wildman–Crippen LogP) is 4.78. The highest BCUT2D eigenvalue weighted by atomic mass is 16.5. The van der Waals surface area contributed by atoms with Crippen molar-refractivity contribution in [2.75, 3.05) is 6.61 Å². The van der Waals surface area contributed by atoms with Crippen LogP contribution in [-0.4, -0.2) is 23.7 Å². The van der Waals surface area contributed by atoms with Crippen LogP contribution < -0.4 is 0 Å². The number of hydrogen-bond acceptors (Lipinski definition) is 3. The standard InChI is InChI=1S/C23H26O4/c1-3-15-27-23(26)21(22(24)25)20(19-13-9-6-10-14-19)16-17(4-2)18-11-7-5-8-12-18/h3,5-14,17,20-21H,1,4,15-16H2,2H3,(H,24,25). The summed E-state index contributed by atoms with van der Waals surface area (Å²) in [6.07, 6.45) is 2.83. The summed E-state index contributed by atoms with van der Waals surface area (Å²) in [5.41, 5.74) is 1.97. The molecule has 0 amide bonds. The average Bonchev–Trinajstić information content (AvgIpc) is 2.70. The van der Waals surface area contributed by atoms with E-state index in [1.165, 1.54) is 6.08 Å². The normalized spacial score (nSPS) is 14.0. The van der Waals surface area contributed by atoms with Crippen molar-refractivity contribution in [2.24, 2.45) is 5.92 Å². The van der Waals surface area contributed by atoms with E-state index in [1.807, 2.05) is 60.7 Å². The monoisotopic (exact) mass is 366 g/mol. The molecule has 0 aliphatic rings. The van der Waals surface area contributed by atoms with Crippen molar-refractivity contribution >= 4 is 11.9 Å². The Kier molecular flexibility index (Phi) is 7.80. The minimum atomic E-state index is -1.26. The Morgan fingerprint density at radius 3 is 2.07 bits per heavy atom. The fraction of sp³-hybridized carbons (Fsp3) is 0.304. The molecule has 4 nitrogen and oxygen atoms in total. The maximum atomic E-state index is 12.5. The molecule has 0 aliphatic heterocycles. The molecular formula is C23H26O4. The average molecular weight is 366 g/mol. The number of carbonyl (C=O) groups is 2. The van der Waals surface area contributed by atoms with Gasteiger partial charge in [-0.1, -0.05) is 80.2 Å². The van der Waals surface area contributed by atoms with Crippen molar-refractivity contribution < 1.29 is 19.4 Å². The second-order valence-electron chi connectivity index (χ2n) is 6.50. The number of carboxylic acids is 1. The van der Waals surface area contributed by atoms with Gasteiger partial charge in [-0.2, -0.15) is 0 Å². The first-order valence-electron chi connectivity index (χ1n) is 9.18. The molecular weight excluding hydrogens is 340 g/mol. The number of carboxylic acid groups (broad SMARTS) is 1. The third-order valence-electron chi connectivity index (χ3n) is 4.80. The van der Waals surface area contributed by atoms with Crippen molar-refractivity contribution in [3.8, 4) is 0 Å². The number of rotatable bonds is 10. The third-order valence-corrected chi connectivity index (χ3v) is 4.80. The lowest BCUT2D eigenvalue weighted by Crippen LogP contribution is -2.32. The van der Waals surface area contributed by atoms with Gasteiger partial charge in [-0.15, -0.1) is 0 Å². The number of ether oxygens (including phenoxy) is 1. The Hall–Kier alpha value is -2.88. The summed E-state index contributed by atoms with van der Waals surface area (Å²) in [7, 11) is 0. The van der Waals surface area contributed by atoms with E-state index >= 15 is 0 Å². The molecule has 0 radical (unpaired) electrons. The summed E-state index contributed by atoms with van der Waals surface area (Å²) in [4.78, 5) is 24.5.